The normalized spacial score (nSPS) is 11.9. The Kier molecular flexibility index (Phi) is 4.90. The predicted octanol–water partition coefficient (Wildman–Crippen LogP) is 4.21. The smallest absolute Gasteiger partial charge is 0.251 e. The van der Waals surface area contributed by atoms with E-state index < -0.39 is 0 Å². The Morgan fingerprint density at radius 1 is 1.20 bits per heavy atom. The molecular weight excluding hydrogens is 321 g/mol. The van der Waals surface area contributed by atoms with Crippen LogP contribution in [0.5, 0.6) is 0 Å². The highest BCUT2D eigenvalue weighted by molar-refractivity contribution is 9.08. The van der Waals surface area contributed by atoms with E-state index in [1.54, 1.807) is 37.3 Å². The molecule has 2 aromatic carbocycles. The molecule has 0 saturated carbocycles. The molecule has 1 amide bonds. The number of nitrogens with one attached hydrogen (secondary N) is 1. The average molecular weight is 336 g/mol. The lowest BCUT2D eigenvalue weighted by molar-refractivity contribution is 0.0939. The molecule has 20 heavy (non-hydrogen) atoms. The monoisotopic (exact) mass is 335 g/mol. The van der Waals surface area contributed by atoms with Gasteiger partial charge >= 0.3 is 0 Å². The van der Waals surface area contributed by atoms with Gasteiger partial charge in [-0.2, -0.15) is 0 Å². The van der Waals surface area contributed by atoms with Gasteiger partial charge in [0.15, 0.2) is 0 Å². The first kappa shape index (κ1) is 14.7. The van der Waals surface area contributed by atoms with E-state index in [4.69, 9.17) is 0 Å². The fourth-order valence-corrected chi connectivity index (χ4v) is 2.30. The number of alkyl halides is 1. The van der Waals surface area contributed by atoms with Crippen LogP contribution in [0.4, 0.5) is 4.39 Å². The first-order valence-corrected chi connectivity index (χ1v) is 7.44. The zero-order valence-electron chi connectivity index (χ0n) is 11.1. The summed E-state index contributed by atoms with van der Waals surface area (Å²) in [5.74, 6) is -0.517. The highest BCUT2D eigenvalue weighted by Gasteiger charge is 2.14. The van der Waals surface area contributed by atoms with Crippen molar-refractivity contribution in [2.24, 2.45) is 0 Å². The van der Waals surface area contributed by atoms with E-state index in [1.807, 2.05) is 12.1 Å². The Morgan fingerprint density at radius 3 is 2.45 bits per heavy atom. The molecule has 0 radical (unpaired) electrons. The van der Waals surface area contributed by atoms with Crippen LogP contribution in [0.2, 0.25) is 0 Å². The lowest BCUT2D eigenvalue weighted by Gasteiger charge is -2.15. The van der Waals surface area contributed by atoms with Gasteiger partial charge in [0.2, 0.25) is 0 Å². The second-order valence-electron chi connectivity index (χ2n) is 4.55. The molecule has 0 spiro atoms. The van der Waals surface area contributed by atoms with Crippen LogP contribution in [0.15, 0.2) is 48.5 Å². The molecule has 2 nitrogen and oxygen atoms in total. The van der Waals surface area contributed by atoms with Gasteiger partial charge in [-0.05, 0) is 30.7 Å². The van der Waals surface area contributed by atoms with Crippen molar-refractivity contribution in [1.82, 2.24) is 5.32 Å². The second-order valence-corrected chi connectivity index (χ2v) is 5.11. The summed E-state index contributed by atoms with van der Waals surface area (Å²) in [5.41, 5.74) is 2.15. The molecule has 1 atom stereocenters. The summed E-state index contributed by atoms with van der Waals surface area (Å²) in [5, 5.41) is 3.55. The van der Waals surface area contributed by atoms with Gasteiger partial charge < -0.3 is 5.32 Å². The minimum absolute atomic E-state index is 0.207. The number of carbonyl (C=O) groups excluding carboxylic acids is 1. The molecule has 2 rings (SSSR count). The van der Waals surface area contributed by atoms with E-state index in [2.05, 4.69) is 21.2 Å². The van der Waals surface area contributed by atoms with E-state index in [1.165, 1.54) is 6.07 Å². The van der Waals surface area contributed by atoms with Gasteiger partial charge in [0.05, 0.1) is 6.04 Å². The van der Waals surface area contributed by atoms with Crippen molar-refractivity contribution in [3.8, 4) is 0 Å². The van der Waals surface area contributed by atoms with Crippen molar-refractivity contribution < 1.29 is 9.18 Å². The van der Waals surface area contributed by atoms with Crippen LogP contribution in [0.1, 0.15) is 34.5 Å². The number of hydrogen-bond donors (Lipinski definition) is 1. The maximum Gasteiger partial charge on any atom is 0.251 e. The summed E-state index contributed by atoms with van der Waals surface area (Å²) < 4.78 is 13.6. The Morgan fingerprint density at radius 2 is 1.85 bits per heavy atom. The fraction of sp³-hybridized carbons (Fsp3) is 0.188. The topological polar surface area (TPSA) is 29.1 Å². The van der Waals surface area contributed by atoms with Crippen molar-refractivity contribution in [3.63, 3.8) is 0 Å². The minimum atomic E-state index is -0.375. The summed E-state index contributed by atoms with van der Waals surface area (Å²) in [6, 6.07) is 13.4. The first-order valence-electron chi connectivity index (χ1n) is 6.32. The Bertz CT molecular complexity index is 598. The lowest BCUT2D eigenvalue weighted by Crippen LogP contribution is -2.27. The standard InChI is InChI=1S/C16H15BrFNO/c1-11(14-4-2-3-5-15(14)18)19-16(20)13-8-6-12(10-17)7-9-13/h2-9,11H,10H2,1H3,(H,19,20)/t11-/m1/s1. The van der Waals surface area contributed by atoms with Crippen LogP contribution in [-0.2, 0) is 5.33 Å². The number of rotatable bonds is 4. The lowest BCUT2D eigenvalue weighted by atomic mass is 10.1. The van der Waals surface area contributed by atoms with Crippen molar-refractivity contribution in [3.05, 3.63) is 71.0 Å². The summed E-state index contributed by atoms with van der Waals surface area (Å²) in [4.78, 5) is 12.1. The van der Waals surface area contributed by atoms with Crippen LogP contribution in [0, 0.1) is 5.82 Å². The second kappa shape index (κ2) is 6.66. The number of amides is 1. The highest BCUT2D eigenvalue weighted by atomic mass is 79.9. The van der Waals surface area contributed by atoms with E-state index in [0.717, 1.165) is 10.9 Å². The summed E-state index contributed by atoms with van der Waals surface area (Å²) in [6.45, 7) is 1.77. The summed E-state index contributed by atoms with van der Waals surface area (Å²) in [6.07, 6.45) is 0. The SMILES string of the molecule is C[C@@H](NC(=O)c1ccc(CBr)cc1)c1ccccc1F. The molecule has 0 aromatic heterocycles. The minimum Gasteiger partial charge on any atom is -0.345 e. The van der Waals surface area contributed by atoms with E-state index in [9.17, 15) is 9.18 Å². The largest absolute Gasteiger partial charge is 0.345 e. The maximum absolute atomic E-state index is 13.6. The van der Waals surface area contributed by atoms with Crippen LogP contribution in [0.25, 0.3) is 0 Å². The van der Waals surface area contributed by atoms with Crippen LogP contribution >= 0.6 is 15.9 Å². The van der Waals surface area contributed by atoms with Crippen molar-refractivity contribution >= 4 is 21.8 Å². The van der Waals surface area contributed by atoms with Gasteiger partial charge in [0, 0.05) is 16.5 Å². The molecule has 0 aliphatic carbocycles. The third kappa shape index (κ3) is 3.45. The van der Waals surface area contributed by atoms with Gasteiger partial charge in [-0.25, -0.2) is 4.39 Å². The van der Waals surface area contributed by atoms with Gasteiger partial charge in [-0.15, -0.1) is 0 Å². The van der Waals surface area contributed by atoms with Crippen LogP contribution < -0.4 is 5.32 Å². The van der Waals surface area contributed by atoms with Gasteiger partial charge in [0.1, 0.15) is 5.82 Å². The molecule has 1 N–H and O–H groups in total. The molecule has 0 bridgehead atoms. The van der Waals surface area contributed by atoms with E-state index >= 15 is 0 Å². The van der Waals surface area contributed by atoms with Crippen LogP contribution in [0.3, 0.4) is 0 Å². The van der Waals surface area contributed by atoms with Gasteiger partial charge in [-0.1, -0.05) is 46.3 Å². The molecule has 0 saturated heterocycles. The van der Waals surface area contributed by atoms with Gasteiger partial charge in [0.25, 0.3) is 5.91 Å². The zero-order valence-corrected chi connectivity index (χ0v) is 12.7. The zero-order chi connectivity index (χ0) is 14.5. The predicted molar refractivity (Wildman–Crippen MR) is 81.4 cm³/mol. The molecule has 0 fully saturated rings. The molecule has 0 unspecified atom stereocenters. The van der Waals surface area contributed by atoms with Crippen molar-refractivity contribution in [1.29, 1.82) is 0 Å². The molecule has 0 aliphatic heterocycles. The molecular formula is C16H15BrFNO. The molecule has 2 aromatic rings. The number of carbonyl (C=O) groups is 1. The third-order valence-corrected chi connectivity index (χ3v) is 3.74. The summed E-state index contributed by atoms with van der Waals surface area (Å²) in [7, 11) is 0. The average Bonchev–Trinajstić information content (AvgIpc) is 2.47. The Hall–Kier alpha value is -1.68. The molecule has 104 valence electrons. The molecule has 0 heterocycles. The molecule has 4 heteroatoms. The van der Waals surface area contributed by atoms with E-state index in [-0.39, 0.29) is 17.8 Å². The van der Waals surface area contributed by atoms with E-state index in [0.29, 0.717) is 11.1 Å². The number of halogens is 2. The third-order valence-electron chi connectivity index (χ3n) is 3.09. The van der Waals surface area contributed by atoms with Crippen LogP contribution in [-0.4, -0.2) is 5.91 Å². The first-order chi connectivity index (χ1) is 9.61. The fourth-order valence-electron chi connectivity index (χ4n) is 1.93. The number of benzene rings is 2. The number of hydrogen-bond acceptors (Lipinski definition) is 1. The van der Waals surface area contributed by atoms with Crippen molar-refractivity contribution in [2.45, 2.75) is 18.3 Å². The highest BCUT2D eigenvalue weighted by Crippen LogP contribution is 2.17. The Balaban J connectivity index is 2.09. The summed E-state index contributed by atoms with van der Waals surface area (Å²) >= 11 is 3.36. The quantitative estimate of drug-likeness (QED) is 0.833. The molecule has 0 aliphatic rings. The van der Waals surface area contributed by atoms with Crippen molar-refractivity contribution in [2.75, 3.05) is 0 Å². The maximum atomic E-state index is 13.6. The van der Waals surface area contributed by atoms with Gasteiger partial charge in [-0.3, -0.25) is 4.79 Å². The Labute approximate surface area is 126 Å².